The van der Waals surface area contributed by atoms with Gasteiger partial charge in [0.15, 0.2) is 0 Å². The zero-order valence-electron chi connectivity index (χ0n) is 23.8. The summed E-state index contributed by atoms with van der Waals surface area (Å²) in [5, 5.41) is 19.4. The maximum atomic E-state index is 12.0. The van der Waals surface area contributed by atoms with E-state index in [4.69, 9.17) is 9.90 Å². The van der Waals surface area contributed by atoms with Gasteiger partial charge < -0.3 is 10.2 Å². The maximum Gasteiger partial charge on any atom is 0.300 e. The van der Waals surface area contributed by atoms with E-state index in [2.05, 4.69) is 62.3 Å². The lowest BCUT2D eigenvalue weighted by Crippen LogP contribution is -2.63. The van der Waals surface area contributed by atoms with Crippen molar-refractivity contribution in [2.45, 2.75) is 107 Å². The Morgan fingerprint density at radius 3 is 1.74 bits per heavy atom. The first-order chi connectivity index (χ1) is 16.0. The fraction of sp³-hybridized carbons (Fsp3) is 0.781. The summed E-state index contributed by atoms with van der Waals surface area (Å²) in [6, 6.07) is 0. The molecule has 0 heterocycles. The number of aliphatic carboxylic acids is 1. The van der Waals surface area contributed by atoms with Crippen LogP contribution in [0, 0.1) is 51.2 Å². The van der Waals surface area contributed by atoms with Crippen LogP contribution in [0.4, 0.5) is 0 Å². The molecule has 0 radical (unpaired) electrons. The van der Waals surface area contributed by atoms with Crippen LogP contribution in [-0.2, 0) is 4.79 Å². The molecule has 194 valence electrons. The molecule has 9 aliphatic rings. The summed E-state index contributed by atoms with van der Waals surface area (Å²) in [6.07, 6.45) is 6.21. The second kappa shape index (κ2) is 7.36. The number of carbonyl (C=O) groups is 1. The third kappa shape index (κ3) is 2.97. The molecule has 0 aliphatic heterocycles. The first kappa shape index (κ1) is 25.3. The molecular weight excluding hydrogens is 432 g/mol. The first-order valence-corrected chi connectivity index (χ1v) is 14.0. The summed E-state index contributed by atoms with van der Waals surface area (Å²) in [5.74, 6) is 2.17. The van der Waals surface area contributed by atoms with Gasteiger partial charge in [0.2, 0.25) is 0 Å². The second-order valence-electron chi connectivity index (χ2n) is 14.7. The number of carboxylic acid groups (broad SMARTS) is 1. The molecule has 3 heteroatoms. The molecule has 2 N–H and O–H groups in total. The largest absolute Gasteiger partial charge is 0.481 e. The zero-order valence-corrected chi connectivity index (χ0v) is 23.8. The predicted octanol–water partition coefficient (Wildman–Crippen LogP) is 7.57. The third-order valence-corrected chi connectivity index (χ3v) is 12.8. The predicted molar refractivity (Wildman–Crippen MR) is 142 cm³/mol. The van der Waals surface area contributed by atoms with E-state index in [1.165, 1.54) is 25.7 Å². The van der Waals surface area contributed by atoms with E-state index >= 15 is 0 Å². The van der Waals surface area contributed by atoms with Gasteiger partial charge in [0.05, 0.1) is 6.10 Å². The molecule has 3 nitrogen and oxygen atoms in total. The number of hydrogen-bond acceptors (Lipinski definition) is 2. The van der Waals surface area contributed by atoms with Crippen molar-refractivity contribution < 1.29 is 15.0 Å². The number of aliphatic hydroxyl groups is 1. The number of carboxylic acids is 1. The van der Waals surface area contributed by atoms with E-state index in [0.29, 0.717) is 28.6 Å². The van der Waals surface area contributed by atoms with Gasteiger partial charge in [-0.1, -0.05) is 75.0 Å². The van der Waals surface area contributed by atoms with Crippen molar-refractivity contribution in [3.05, 3.63) is 33.4 Å². The van der Waals surface area contributed by atoms with Crippen LogP contribution in [0.3, 0.4) is 0 Å². The standard InChI is InChI=1S/C30H44O.C2H4O2/c1-15-20-10-18(27(20,4)5)11-22(15)30(14-19-12-23(17(30)3)28(19,6)7)25-16(2)21-13-24(26(25)31)29(21,8)9;1-2(3)4/h18-19,22,24-26,31H,10-14H2,1-9H3;1H3,(H,3,4). The van der Waals surface area contributed by atoms with Gasteiger partial charge in [-0.15, -0.1) is 0 Å². The Balaban J connectivity index is 0.000000591. The molecule has 9 aliphatic carbocycles. The van der Waals surface area contributed by atoms with Gasteiger partial charge in [-0.05, 0) is 92.8 Å². The van der Waals surface area contributed by atoms with E-state index in [0.717, 1.165) is 25.2 Å². The van der Waals surface area contributed by atoms with Crippen molar-refractivity contribution in [3.63, 3.8) is 0 Å². The van der Waals surface area contributed by atoms with Gasteiger partial charge in [-0.3, -0.25) is 4.79 Å². The van der Waals surface area contributed by atoms with Crippen LogP contribution in [0.2, 0.25) is 0 Å². The van der Waals surface area contributed by atoms with Crippen molar-refractivity contribution in [1.82, 2.24) is 0 Å². The Hall–Kier alpha value is -1.35. The molecule has 3 saturated carbocycles. The molecule has 9 rings (SSSR count). The topological polar surface area (TPSA) is 57.5 Å². The van der Waals surface area contributed by atoms with Crippen LogP contribution in [0.15, 0.2) is 33.4 Å². The fourth-order valence-corrected chi connectivity index (χ4v) is 10.3. The summed E-state index contributed by atoms with van der Waals surface area (Å²) >= 11 is 0. The molecular formula is C32H48O3. The van der Waals surface area contributed by atoms with Gasteiger partial charge in [0, 0.05) is 18.3 Å². The lowest BCUT2D eigenvalue weighted by atomic mass is 9.35. The molecule has 0 aromatic carbocycles. The Bertz CT molecular complexity index is 1080. The van der Waals surface area contributed by atoms with Gasteiger partial charge in [0.1, 0.15) is 0 Å². The number of fused-ring (bicyclic) bond motifs is 8. The van der Waals surface area contributed by atoms with E-state index < -0.39 is 5.97 Å². The van der Waals surface area contributed by atoms with Crippen molar-refractivity contribution in [2.75, 3.05) is 0 Å². The summed E-state index contributed by atoms with van der Waals surface area (Å²) in [6.45, 7) is 23.2. The molecule has 0 aromatic heterocycles. The molecule has 0 spiro atoms. The maximum absolute atomic E-state index is 12.0. The molecule has 7 atom stereocenters. The molecule has 7 unspecified atom stereocenters. The first-order valence-electron chi connectivity index (χ1n) is 14.0. The highest BCUT2D eigenvalue weighted by atomic mass is 16.4. The number of allylic oxidation sites excluding steroid dienone is 5. The van der Waals surface area contributed by atoms with Crippen LogP contribution in [0.1, 0.15) is 101 Å². The lowest BCUT2D eigenvalue weighted by molar-refractivity contribution is -0.134. The van der Waals surface area contributed by atoms with Crippen LogP contribution < -0.4 is 0 Å². The van der Waals surface area contributed by atoms with Gasteiger partial charge in [-0.2, -0.15) is 0 Å². The lowest BCUT2D eigenvalue weighted by Gasteiger charge is -2.69. The Morgan fingerprint density at radius 1 is 0.800 bits per heavy atom. The quantitative estimate of drug-likeness (QED) is 0.401. The van der Waals surface area contributed by atoms with Crippen molar-refractivity contribution in [1.29, 1.82) is 0 Å². The molecule has 0 saturated heterocycles. The Morgan fingerprint density at radius 2 is 1.31 bits per heavy atom. The summed E-state index contributed by atoms with van der Waals surface area (Å²) in [4.78, 5) is 9.00. The minimum absolute atomic E-state index is 0.141. The van der Waals surface area contributed by atoms with Crippen LogP contribution >= 0.6 is 0 Å². The number of rotatable bonds is 2. The van der Waals surface area contributed by atoms with Crippen LogP contribution in [0.25, 0.3) is 0 Å². The van der Waals surface area contributed by atoms with E-state index in [-0.39, 0.29) is 16.9 Å². The molecule has 6 bridgehead atoms. The molecule has 0 amide bonds. The monoisotopic (exact) mass is 480 g/mol. The summed E-state index contributed by atoms with van der Waals surface area (Å²) in [5.41, 5.74) is 11.2. The second-order valence-corrected chi connectivity index (χ2v) is 14.7. The normalized spacial score (nSPS) is 43.4. The average Bonchev–Trinajstić information content (AvgIpc) is 2.72. The van der Waals surface area contributed by atoms with Gasteiger partial charge in [0.25, 0.3) is 5.97 Å². The van der Waals surface area contributed by atoms with Crippen LogP contribution in [0.5, 0.6) is 0 Å². The minimum Gasteiger partial charge on any atom is -0.481 e. The van der Waals surface area contributed by atoms with Crippen LogP contribution in [-0.4, -0.2) is 22.3 Å². The van der Waals surface area contributed by atoms with Gasteiger partial charge in [-0.25, -0.2) is 0 Å². The highest BCUT2D eigenvalue weighted by Crippen LogP contribution is 2.75. The summed E-state index contributed by atoms with van der Waals surface area (Å²) in [7, 11) is 0. The molecule has 0 aromatic rings. The minimum atomic E-state index is -0.833. The van der Waals surface area contributed by atoms with Crippen molar-refractivity contribution in [2.24, 2.45) is 51.2 Å². The number of hydrogen-bond donors (Lipinski definition) is 2. The highest BCUT2D eigenvalue weighted by Gasteiger charge is 2.67. The van der Waals surface area contributed by atoms with E-state index in [9.17, 15) is 5.11 Å². The molecule has 35 heavy (non-hydrogen) atoms. The fourth-order valence-electron chi connectivity index (χ4n) is 10.3. The number of aliphatic hydroxyl groups excluding tert-OH is 1. The van der Waals surface area contributed by atoms with E-state index in [1.807, 2.05) is 0 Å². The Labute approximate surface area is 213 Å². The van der Waals surface area contributed by atoms with Gasteiger partial charge >= 0.3 is 0 Å². The SMILES string of the molecule is CC(=O)O.CC1=C2CC(CC1C1(C3C(C)=C4CC(C3O)C4(C)C)CC3CC(=C1C)C3(C)C)C2(C)C. The van der Waals surface area contributed by atoms with E-state index in [1.54, 1.807) is 33.4 Å². The van der Waals surface area contributed by atoms with Crippen molar-refractivity contribution in [3.8, 4) is 0 Å². The Kier molecular flexibility index (Phi) is 5.32. The summed E-state index contributed by atoms with van der Waals surface area (Å²) < 4.78 is 0. The molecule has 3 fully saturated rings. The van der Waals surface area contributed by atoms with Crippen molar-refractivity contribution >= 4 is 5.97 Å². The third-order valence-electron chi connectivity index (χ3n) is 12.8. The zero-order chi connectivity index (χ0) is 26.0. The highest BCUT2D eigenvalue weighted by molar-refractivity contribution is 5.63. The smallest absolute Gasteiger partial charge is 0.300 e. The average molecular weight is 481 g/mol.